The molecule has 0 saturated carbocycles. The number of nitrogens with zero attached hydrogens (tertiary/aromatic N) is 1. The normalized spacial score (nSPS) is 38.7. The first-order chi connectivity index (χ1) is 8.41. The molecule has 2 amide bonds. The van der Waals surface area contributed by atoms with Gasteiger partial charge in [-0.2, -0.15) is 0 Å². The van der Waals surface area contributed by atoms with E-state index in [1.54, 1.807) is 6.92 Å². The number of carbonyl (C=O) groups excluding carboxylic acids is 2. The second-order valence-corrected chi connectivity index (χ2v) is 5.73. The van der Waals surface area contributed by atoms with Crippen LogP contribution in [-0.4, -0.2) is 58.8 Å². The van der Waals surface area contributed by atoms with Gasteiger partial charge in [-0.1, -0.05) is 0 Å². The van der Waals surface area contributed by atoms with Crippen LogP contribution in [0.3, 0.4) is 0 Å². The molecule has 2 saturated heterocycles. The van der Waals surface area contributed by atoms with Gasteiger partial charge < -0.3 is 20.1 Å². The van der Waals surface area contributed by atoms with Gasteiger partial charge in [0.2, 0.25) is 6.41 Å². The standard InChI is InChI=1S/C10H14N2O5S/c1-9(8(15)16)3-12-6(14)10(17-2,11-5-13)7(12)18-4-9/h5,7H,3-4H2,1-2H3,(H,11,13)(H,15,16)/t7-,9?,10?/m1/s1. The van der Waals surface area contributed by atoms with E-state index >= 15 is 0 Å². The number of carbonyl (C=O) groups is 3. The number of carboxylic acids is 1. The lowest BCUT2D eigenvalue weighted by Crippen LogP contribution is -2.81. The fourth-order valence-corrected chi connectivity index (χ4v) is 3.81. The molecule has 3 atom stereocenters. The Kier molecular flexibility index (Phi) is 3.02. The van der Waals surface area contributed by atoms with E-state index in [2.05, 4.69) is 5.32 Å². The lowest BCUT2D eigenvalue weighted by atomic mass is 9.88. The van der Waals surface area contributed by atoms with E-state index in [1.165, 1.54) is 23.8 Å². The highest BCUT2D eigenvalue weighted by molar-refractivity contribution is 8.00. The molecule has 0 radical (unpaired) electrons. The van der Waals surface area contributed by atoms with Crippen molar-refractivity contribution < 1.29 is 24.2 Å². The van der Waals surface area contributed by atoms with E-state index in [0.717, 1.165) is 0 Å². The van der Waals surface area contributed by atoms with Crippen LogP contribution in [-0.2, 0) is 19.1 Å². The maximum Gasteiger partial charge on any atom is 0.312 e. The summed E-state index contributed by atoms with van der Waals surface area (Å²) in [5.41, 5.74) is -2.30. The van der Waals surface area contributed by atoms with Crippen LogP contribution in [0.4, 0.5) is 0 Å². The van der Waals surface area contributed by atoms with Crippen LogP contribution < -0.4 is 5.32 Å². The summed E-state index contributed by atoms with van der Waals surface area (Å²) in [7, 11) is 1.34. The number of hydrogen-bond acceptors (Lipinski definition) is 5. The third kappa shape index (κ3) is 1.52. The van der Waals surface area contributed by atoms with Gasteiger partial charge in [-0.25, -0.2) is 0 Å². The molecule has 100 valence electrons. The van der Waals surface area contributed by atoms with Crippen LogP contribution in [0.5, 0.6) is 0 Å². The third-order valence-corrected chi connectivity index (χ3v) is 5.11. The topological polar surface area (TPSA) is 95.9 Å². The first kappa shape index (κ1) is 13.2. The van der Waals surface area contributed by atoms with Gasteiger partial charge in [-0.3, -0.25) is 14.4 Å². The summed E-state index contributed by atoms with van der Waals surface area (Å²) in [6.45, 7) is 1.73. The van der Waals surface area contributed by atoms with Crippen molar-refractivity contribution in [3.63, 3.8) is 0 Å². The minimum atomic E-state index is -1.34. The lowest BCUT2D eigenvalue weighted by molar-refractivity contribution is -0.198. The van der Waals surface area contributed by atoms with Crippen LogP contribution in [0.15, 0.2) is 0 Å². The Balaban J connectivity index is 2.19. The van der Waals surface area contributed by atoms with Gasteiger partial charge in [0.1, 0.15) is 5.37 Å². The molecule has 0 bridgehead atoms. The molecular formula is C10H14N2O5S. The number of aliphatic carboxylic acids is 1. The number of amides is 2. The van der Waals surface area contributed by atoms with E-state index in [0.29, 0.717) is 12.2 Å². The zero-order valence-corrected chi connectivity index (χ0v) is 10.8. The molecule has 2 aliphatic heterocycles. The molecule has 2 N–H and O–H groups in total. The molecule has 18 heavy (non-hydrogen) atoms. The summed E-state index contributed by atoms with van der Waals surface area (Å²) in [5, 5.41) is 11.2. The van der Waals surface area contributed by atoms with Crippen molar-refractivity contribution in [1.82, 2.24) is 10.2 Å². The Morgan fingerprint density at radius 2 is 2.39 bits per heavy atom. The highest BCUT2D eigenvalue weighted by Gasteiger charge is 2.66. The summed E-state index contributed by atoms with van der Waals surface area (Å²) in [4.78, 5) is 35.2. The Hall–Kier alpha value is -1.28. The van der Waals surface area contributed by atoms with Crippen molar-refractivity contribution in [2.75, 3.05) is 19.4 Å². The smallest absolute Gasteiger partial charge is 0.312 e. The molecule has 0 aromatic carbocycles. The maximum atomic E-state index is 12.0. The summed E-state index contributed by atoms with van der Waals surface area (Å²) in [6.07, 6.45) is 0.421. The summed E-state index contributed by atoms with van der Waals surface area (Å²) >= 11 is 1.30. The number of hydrogen-bond donors (Lipinski definition) is 2. The number of nitrogens with one attached hydrogen (secondary N) is 1. The predicted octanol–water partition coefficient (Wildman–Crippen LogP) is -0.919. The first-order valence-corrected chi connectivity index (χ1v) is 6.39. The molecule has 0 aromatic heterocycles. The highest BCUT2D eigenvalue weighted by Crippen LogP contribution is 2.46. The monoisotopic (exact) mass is 274 g/mol. The van der Waals surface area contributed by atoms with Gasteiger partial charge in [-0.15, -0.1) is 11.8 Å². The maximum absolute atomic E-state index is 12.0. The Labute approximate surface area is 108 Å². The van der Waals surface area contributed by atoms with Crippen molar-refractivity contribution in [2.45, 2.75) is 18.0 Å². The van der Waals surface area contributed by atoms with Gasteiger partial charge in [0.05, 0.1) is 5.41 Å². The highest BCUT2D eigenvalue weighted by atomic mass is 32.2. The van der Waals surface area contributed by atoms with E-state index < -0.39 is 23.0 Å². The van der Waals surface area contributed by atoms with Gasteiger partial charge in [0.15, 0.2) is 0 Å². The number of thioether (sulfide) groups is 1. The van der Waals surface area contributed by atoms with Crippen LogP contribution in [0.25, 0.3) is 0 Å². The number of fused-ring (bicyclic) bond motifs is 1. The number of methoxy groups -OCH3 is 1. The van der Waals surface area contributed by atoms with Crippen molar-refractivity contribution >= 4 is 30.0 Å². The Bertz CT molecular complexity index is 417. The summed E-state index contributed by atoms with van der Waals surface area (Å²) in [5.74, 6) is -0.969. The van der Waals surface area contributed by atoms with E-state index in [1.807, 2.05) is 0 Å². The lowest BCUT2D eigenvalue weighted by Gasteiger charge is -2.58. The van der Waals surface area contributed by atoms with Crippen molar-refractivity contribution in [2.24, 2.45) is 5.41 Å². The van der Waals surface area contributed by atoms with Crippen LogP contribution in [0.2, 0.25) is 0 Å². The fourth-order valence-electron chi connectivity index (χ4n) is 2.22. The van der Waals surface area contributed by atoms with E-state index in [-0.39, 0.29) is 11.9 Å². The summed E-state index contributed by atoms with van der Waals surface area (Å²) < 4.78 is 5.12. The minimum absolute atomic E-state index is 0.129. The average molecular weight is 274 g/mol. The molecule has 8 heteroatoms. The van der Waals surface area contributed by atoms with Crippen molar-refractivity contribution in [1.29, 1.82) is 0 Å². The number of ether oxygens (including phenoxy) is 1. The number of carboxylic acid groups (broad SMARTS) is 1. The van der Waals surface area contributed by atoms with Crippen molar-refractivity contribution in [3.05, 3.63) is 0 Å². The third-order valence-electron chi connectivity index (χ3n) is 3.40. The second kappa shape index (κ2) is 4.13. The molecule has 2 aliphatic rings. The van der Waals surface area contributed by atoms with Gasteiger partial charge >= 0.3 is 5.97 Å². The predicted molar refractivity (Wildman–Crippen MR) is 62.6 cm³/mol. The number of β-lactam (4-membered cyclic amide) rings is 1. The molecule has 0 spiro atoms. The quantitative estimate of drug-likeness (QED) is 0.391. The molecule has 2 unspecified atom stereocenters. The van der Waals surface area contributed by atoms with Crippen LogP contribution in [0.1, 0.15) is 6.92 Å². The molecule has 7 nitrogen and oxygen atoms in total. The van der Waals surface area contributed by atoms with Crippen LogP contribution >= 0.6 is 11.8 Å². The van der Waals surface area contributed by atoms with Gasteiger partial charge in [0.25, 0.3) is 11.6 Å². The fraction of sp³-hybridized carbons (Fsp3) is 0.700. The van der Waals surface area contributed by atoms with E-state index in [4.69, 9.17) is 9.84 Å². The zero-order valence-electron chi connectivity index (χ0n) is 10.0. The molecule has 2 rings (SSSR count). The minimum Gasteiger partial charge on any atom is -0.481 e. The zero-order chi connectivity index (χ0) is 13.6. The van der Waals surface area contributed by atoms with Crippen LogP contribution in [0, 0.1) is 5.41 Å². The molecule has 0 aliphatic carbocycles. The second-order valence-electron chi connectivity index (χ2n) is 4.66. The first-order valence-electron chi connectivity index (χ1n) is 5.34. The average Bonchev–Trinajstić information content (AvgIpc) is 2.35. The molecule has 0 aromatic rings. The SMILES string of the molecule is COC1(NC=O)C(=O)N2CC(C)(C(=O)O)CS[C@@H]21. The molecule has 2 fully saturated rings. The van der Waals surface area contributed by atoms with Gasteiger partial charge in [-0.05, 0) is 6.92 Å². The Morgan fingerprint density at radius 1 is 1.72 bits per heavy atom. The Morgan fingerprint density at radius 3 is 2.89 bits per heavy atom. The van der Waals surface area contributed by atoms with Crippen molar-refractivity contribution in [3.8, 4) is 0 Å². The number of rotatable bonds is 4. The summed E-state index contributed by atoms with van der Waals surface area (Å²) in [6, 6.07) is 0. The largest absolute Gasteiger partial charge is 0.481 e. The molecule has 2 heterocycles. The van der Waals surface area contributed by atoms with E-state index in [9.17, 15) is 14.4 Å². The molecular weight excluding hydrogens is 260 g/mol. The van der Waals surface area contributed by atoms with Gasteiger partial charge in [0, 0.05) is 19.4 Å².